The van der Waals surface area contributed by atoms with Gasteiger partial charge in [-0.3, -0.25) is 0 Å². The number of carboxylic acids is 1. The van der Waals surface area contributed by atoms with E-state index in [2.05, 4.69) is 10.3 Å². The summed E-state index contributed by atoms with van der Waals surface area (Å²) in [6.45, 7) is 3.93. The number of hydrogen-bond donors (Lipinski definition) is 3. The highest BCUT2D eigenvalue weighted by atomic mass is 32.1. The number of carbonyl (C=O) groups is 1. The molecule has 0 saturated carbocycles. The maximum atomic E-state index is 13.4. The summed E-state index contributed by atoms with van der Waals surface area (Å²) in [6, 6.07) is 2.48. The van der Waals surface area contributed by atoms with E-state index >= 15 is 0 Å². The fourth-order valence-corrected chi connectivity index (χ4v) is 2.77. The Kier molecular flexibility index (Phi) is 3.89. The number of anilines is 3. The van der Waals surface area contributed by atoms with Crippen LogP contribution in [-0.4, -0.2) is 16.1 Å². The lowest BCUT2D eigenvalue weighted by Crippen LogP contribution is -2.08. The van der Waals surface area contributed by atoms with Gasteiger partial charge in [0.1, 0.15) is 11.4 Å². The Labute approximate surface area is 119 Å². The Morgan fingerprint density at radius 1 is 1.55 bits per heavy atom. The molecule has 0 aliphatic rings. The van der Waals surface area contributed by atoms with E-state index in [9.17, 15) is 9.18 Å². The first-order chi connectivity index (χ1) is 9.43. The van der Waals surface area contributed by atoms with Gasteiger partial charge in [0.2, 0.25) is 0 Å². The van der Waals surface area contributed by atoms with Crippen LogP contribution in [0.15, 0.2) is 12.1 Å². The second-order valence-electron chi connectivity index (χ2n) is 4.19. The van der Waals surface area contributed by atoms with Crippen molar-refractivity contribution >= 4 is 33.8 Å². The molecule has 20 heavy (non-hydrogen) atoms. The number of nitrogens with one attached hydrogen (secondary N) is 1. The highest BCUT2D eigenvalue weighted by Gasteiger charge is 2.18. The standard InChI is InChI=1S/C13H14FN3O2S/c1-3-8-6(2)20-13(16-8)17-9-5-4-7(14)11(15)10(9)12(18)19/h4-5H,3,15H2,1-2H3,(H,16,17)(H,18,19). The predicted molar refractivity (Wildman–Crippen MR) is 77.3 cm³/mol. The summed E-state index contributed by atoms with van der Waals surface area (Å²) < 4.78 is 13.4. The molecule has 0 amide bonds. The van der Waals surface area contributed by atoms with Crippen molar-refractivity contribution in [1.82, 2.24) is 4.98 Å². The van der Waals surface area contributed by atoms with Gasteiger partial charge in [-0.25, -0.2) is 14.2 Å². The Morgan fingerprint density at radius 3 is 2.80 bits per heavy atom. The van der Waals surface area contributed by atoms with Gasteiger partial charge in [-0.05, 0) is 25.5 Å². The Balaban J connectivity index is 2.42. The molecule has 0 radical (unpaired) electrons. The molecular weight excluding hydrogens is 281 g/mol. The van der Waals surface area contributed by atoms with E-state index in [1.54, 1.807) is 0 Å². The molecule has 0 fully saturated rings. The SMILES string of the molecule is CCc1nc(Nc2ccc(F)c(N)c2C(=O)O)sc1C. The smallest absolute Gasteiger partial charge is 0.340 e. The van der Waals surface area contributed by atoms with Crippen molar-refractivity contribution in [1.29, 1.82) is 0 Å². The van der Waals surface area contributed by atoms with Gasteiger partial charge < -0.3 is 16.2 Å². The molecule has 7 heteroatoms. The number of aromatic nitrogens is 1. The van der Waals surface area contributed by atoms with E-state index in [1.807, 2.05) is 13.8 Å². The van der Waals surface area contributed by atoms with Crippen LogP contribution in [0.3, 0.4) is 0 Å². The number of benzene rings is 1. The van der Waals surface area contributed by atoms with Crippen molar-refractivity contribution in [3.63, 3.8) is 0 Å². The lowest BCUT2D eigenvalue weighted by molar-refractivity contribution is 0.0698. The van der Waals surface area contributed by atoms with Gasteiger partial charge in [-0.2, -0.15) is 0 Å². The van der Waals surface area contributed by atoms with Crippen LogP contribution in [0, 0.1) is 12.7 Å². The largest absolute Gasteiger partial charge is 0.478 e. The Morgan fingerprint density at radius 2 is 2.25 bits per heavy atom. The molecule has 2 rings (SSSR count). The quantitative estimate of drug-likeness (QED) is 0.754. The first-order valence-electron chi connectivity index (χ1n) is 5.98. The number of nitrogen functional groups attached to an aromatic ring is 1. The number of aryl methyl sites for hydroxylation is 2. The average molecular weight is 295 g/mol. The van der Waals surface area contributed by atoms with Gasteiger partial charge in [0.15, 0.2) is 5.13 Å². The number of hydrogen-bond acceptors (Lipinski definition) is 5. The second-order valence-corrected chi connectivity index (χ2v) is 5.39. The third-order valence-corrected chi connectivity index (χ3v) is 3.80. The van der Waals surface area contributed by atoms with Crippen LogP contribution in [-0.2, 0) is 6.42 Å². The van der Waals surface area contributed by atoms with Gasteiger partial charge in [0.05, 0.1) is 17.1 Å². The molecule has 0 atom stereocenters. The first kappa shape index (κ1) is 14.3. The first-order valence-corrected chi connectivity index (χ1v) is 6.80. The number of thiazole rings is 1. The van der Waals surface area contributed by atoms with Crippen LogP contribution >= 0.6 is 11.3 Å². The van der Waals surface area contributed by atoms with Crippen molar-refractivity contribution < 1.29 is 14.3 Å². The third kappa shape index (κ3) is 2.57. The van der Waals surface area contributed by atoms with Crippen LogP contribution in [0.1, 0.15) is 27.9 Å². The third-order valence-electron chi connectivity index (χ3n) is 2.88. The van der Waals surface area contributed by atoms with Crippen LogP contribution in [0.4, 0.5) is 20.9 Å². The summed E-state index contributed by atoms with van der Waals surface area (Å²) in [5.41, 5.74) is 6.00. The molecule has 1 aromatic heterocycles. The van der Waals surface area contributed by atoms with E-state index < -0.39 is 11.8 Å². The van der Waals surface area contributed by atoms with Crippen molar-refractivity contribution in [3.05, 3.63) is 34.1 Å². The fraction of sp³-hybridized carbons (Fsp3) is 0.231. The molecule has 106 valence electrons. The van der Waals surface area contributed by atoms with E-state index in [0.29, 0.717) is 5.13 Å². The predicted octanol–water partition coefficient (Wildman–Crippen LogP) is 3.18. The van der Waals surface area contributed by atoms with Crippen molar-refractivity contribution in [2.45, 2.75) is 20.3 Å². The van der Waals surface area contributed by atoms with Crippen LogP contribution < -0.4 is 11.1 Å². The number of nitrogens with zero attached hydrogens (tertiary/aromatic N) is 1. The number of halogens is 1. The zero-order valence-corrected chi connectivity index (χ0v) is 11.8. The highest BCUT2D eigenvalue weighted by molar-refractivity contribution is 7.15. The zero-order chi connectivity index (χ0) is 14.9. The van der Waals surface area contributed by atoms with E-state index in [4.69, 9.17) is 10.8 Å². The zero-order valence-electron chi connectivity index (χ0n) is 11.0. The minimum Gasteiger partial charge on any atom is -0.478 e. The Hall–Kier alpha value is -2.15. The highest BCUT2D eigenvalue weighted by Crippen LogP contribution is 2.30. The fourth-order valence-electron chi connectivity index (χ4n) is 1.85. The maximum Gasteiger partial charge on any atom is 0.340 e. The van der Waals surface area contributed by atoms with Crippen LogP contribution in [0.2, 0.25) is 0 Å². The van der Waals surface area contributed by atoms with Crippen LogP contribution in [0.5, 0.6) is 0 Å². The monoisotopic (exact) mass is 295 g/mol. The molecule has 0 aliphatic heterocycles. The number of nitrogens with two attached hydrogens (primary N) is 1. The summed E-state index contributed by atoms with van der Waals surface area (Å²) in [7, 11) is 0. The minimum atomic E-state index is -1.28. The van der Waals surface area contributed by atoms with Crippen LogP contribution in [0.25, 0.3) is 0 Å². The van der Waals surface area contributed by atoms with E-state index in [0.717, 1.165) is 23.1 Å². The lowest BCUT2D eigenvalue weighted by atomic mass is 10.1. The van der Waals surface area contributed by atoms with Gasteiger partial charge in [0.25, 0.3) is 0 Å². The minimum absolute atomic E-state index is 0.229. The number of rotatable bonds is 4. The molecule has 0 bridgehead atoms. The summed E-state index contributed by atoms with van der Waals surface area (Å²) in [4.78, 5) is 16.6. The van der Waals surface area contributed by atoms with Crippen molar-refractivity contribution in [2.75, 3.05) is 11.1 Å². The molecule has 0 aliphatic carbocycles. The van der Waals surface area contributed by atoms with Gasteiger partial charge >= 0.3 is 5.97 Å². The Bertz CT molecular complexity index is 670. The molecule has 2 aromatic rings. The van der Waals surface area contributed by atoms with Gasteiger partial charge in [0, 0.05) is 4.88 Å². The van der Waals surface area contributed by atoms with E-state index in [1.165, 1.54) is 17.4 Å². The molecule has 1 heterocycles. The second kappa shape index (κ2) is 5.46. The lowest BCUT2D eigenvalue weighted by Gasteiger charge is -2.09. The number of aromatic carboxylic acids is 1. The molecular formula is C13H14FN3O2S. The molecule has 0 spiro atoms. The topological polar surface area (TPSA) is 88.2 Å². The van der Waals surface area contributed by atoms with Crippen molar-refractivity contribution in [3.8, 4) is 0 Å². The summed E-state index contributed by atoms with van der Waals surface area (Å²) in [5, 5.41) is 12.6. The van der Waals surface area contributed by atoms with Gasteiger partial charge in [-0.1, -0.05) is 6.92 Å². The maximum absolute atomic E-state index is 13.4. The molecule has 5 nitrogen and oxygen atoms in total. The van der Waals surface area contributed by atoms with E-state index in [-0.39, 0.29) is 16.9 Å². The van der Waals surface area contributed by atoms with Gasteiger partial charge in [-0.15, -0.1) is 11.3 Å². The average Bonchev–Trinajstić information content (AvgIpc) is 2.73. The summed E-state index contributed by atoms with van der Waals surface area (Å²) >= 11 is 1.41. The normalized spacial score (nSPS) is 10.6. The molecule has 1 aromatic carbocycles. The molecule has 4 N–H and O–H groups in total. The van der Waals surface area contributed by atoms with Crippen molar-refractivity contribution in [2.24, 2.45) is 0 Å². The summed E-state index contributed by atoms with van der Waals surface area (Å²) in [6.07, 6.45) is 0.793. The summed E-state index contributed by atoms with van der Waals surface area (Å²) in [5.74, 6) is -2.04. The molecule has 0 saturated heterocycles. The molecule has 0 unspecified atom stereocenters. The number of carboxylic acid groups (broad SMARTS) is 1.